The Bertz CT molecular complexity index is 1290. The summed E-state index contributed by atoms with van der Waals surface area (Å²) in [6.07, 6.45) is 5.07. The van der Waals surface area contributed by atoms with Crippen molar-refractivity contribution in [2.24, 2.45) is 11.7 Å². The van der Waals surface area contributed by atoms with Gasteiger partial charge in [0.25, 0.3) is 5.91 Å². The summed E-state index contributed by atoms with van der Waals surface area (Å²) in [4.78, 5) is 54.2. The van der Waals surface area contributed by atoms with E-state index in [9.17, 15) is 19.2 Å². The highest BCUT2D eigenvalue weighted by Crippen LogP contribution is 2.41. The summed E-state index contributed by atoms with van der Waals surface area (Å²) in [7, 11) is 0. The number of hydrogen-bond donors (Lipinski definition) is 3. The standard InChI is InChI=1S/C30H36N4O5/c1-7-20-13-9-10-14-21(20)26(27(36)32-22-15-11-8-12-18(22)2)34(24-16-19(24)3)28(37)23(17-25(31)35)33-29(38)39-30(4,5)6/h1,8-15,19,23-24,26H,16-17H2,2-6H3,(H2,31,35)(H,32,36)(H,33,38). The number of nitrogens with zero attached hydrogens (tertiary/aromatic N) is 1. The fourth-order valence-electron chi connectivity index (χ4n) is 4.40. The maximum absolute atomic E-state index is 14.2. The average Bonchev–Trinajstić information content (AvgIpc) is 3.57. The quantitative estimate of drug-likeness (QED) is 0.424. The van der Waals surface area contributed by atoms with E-state index in [0.717, 1.165) is 5.56 Å². The molecule has 1 aliphatic rings. The van der Waals surface area contributed by atoms with Crippen LogP contribution in [0.4, 0.5) is 10.5 Å². The highest BCUT2D eigenvalue weighted by molar-refractivity contribution is 6.00. The Morgan fingerprint density at radius 3 is 2.31 bits per heavy atom. The summed E-state index contributed by atoms with van der Waals surface area (Å²) >= 11 is 0. The van der Waals surface area contributed by atoms with Crippen LogP contribution in [-0.4, -0.2) is 46.4 Å². The number of terminal acetylenes is 1. The van der Waals surface area contributed by atoms with Gasteiger partial charge < -0.3 is 26.0 Å². The number of benzene rings is 2. The number of nitrogens with one attached hydrogen (secondary N) is 2. The summed E-state index contributed by atoms with van der Waals surface area (Å²) in [5.41, 5.74) is 6.94. The van der Waals surface area contributed by atoms with Crippen molar-refractivity contribution in [2.75, 3.05) is 5.32 Å². The van der Waals surface area contributed by atoms with Crippen LogP contribution in [0, 0.1) is 25.2 Å². The minimum Gasteiger partial charge on any atom is -0.444 e. The van der Waals surface area contributed by atoms with E-state index in [4.69, 9.17) is 16.9 Å². The molecule has 206 valence electrons. The van der Waals surface area contributed by atoms with Crippen molar-refractivity contribution >= 4 is 29.5 Å². The molecule has 0 bridgehead atoms. The largest absolute Gasteiger partial charge is 0.444 e. The van der Waals surface area contributed by atoms with Crippen LogP contribution in [0.1, 0.15) is 63.3 Å². The average molecular weight is 533 g/mol. The molecule has 1 aliphatic carbocycles. The highest BCUT2D eigenvalue weighted by atomic mass is 16.6. The lowest BCUT2D eigenvalue weighted by atomic mass is 9.96. The number of primary amides is 1. The predicted molar refractivity (Wildman–Crippen MR) is 148 cm³/mol. The van der Waals surface area contributed by atoms with E-state index in [0.29, 0.717) is 23.2 Å². The predicted octanol–water partition coefficient (Wildman–Crippen LogP) is 3.66. The second-order valence-electron chi connectivity index (χ2n) is 10.8. The topological polar surface area (TPSA) is 131 Å². The van der Waals surface area contributed by atoms with E-state index in [1.165, 1.54) is 4.90 Å². The normalized spacial score (nSPS) is 17.6. The van der Waals surface area contributed by atoms with E-state index in [-0.39, 0.29) is 12.0 Å². The van der Waals surface area contributed by atoms with Crippen LogP contribution in [0.2, 0.25) is 0 Å². The molecule has 3 rings (SSSR count). The summed E-state index contributed by atoms with van der Waals surface area (Å²) in [5.74, 6) is 0.784. The molecule has 0 aromatic heterocycles. The van der Waals surface area contributed by atoms with Crippen molar-refractivity contribution in [2.45, 2.75) is 71.2 Å². The molecular weight excluding hydrogens is 496 g/mol. The number of ether oxygens (including phenoxy) is 1. The molecule has 0 radical (unpaired) electrons. The molecule has 39 heavy (non-hydrogen) atoms. The van der Waals surface area contributed by atoms with Gasteiger partial charge in [-0.05, 0) is 63.3 Å². The van der Waals surface area contributed by atoms with Crippen LogP contribution in [0.25, 0.3) is 0 Å². The molecule has 9 heteroatoms. The molecule has 0 saturated heterocycles. The van der Waals surface area contributed by atoms with Crippen LogP contribution in [0.3, 0.4) is 0 Å². The Balaban J connectivity index is 2.09. The summed E-state index contributed by atoms with van der Waals surface area (Å²) in [5, 5.41) is 5.43. The van der Waals surface area contributed by atoms with Crippen molar-refractivity contribution in [3.63, 3.8) is 0 Å². The number of alkyl carbamates (subject to hydrolysis) is 1. The lowest BCUT2D eigenvalue weighted by molar-refractivity contribution is -0.142. The number of para-hydroxylation sites is 1. The molecule has 0 heterocycles. The first-order chi connectivity index (χ1) is 18.3. The van der Waals surface area contributed by atoms with Gasteiger partial charge in [0.05, 0.1) is 6.42 Å². The van der Waals surface area contributed by atoms with E-state index in [1.807, 2.05) is 26.0 Å². The number of rotatable bonds is 9. The van der Waals surface area contributed by atoms with Gasteiger partial charge in [0, 0.05) is 17.3 Å². The SMILES string of the molecule is C#Cc1ccccc1C(C(=O)Nc1ccccc1C)N(C(=O)C(CC(N)=O)NC(=O)OC(C)(C)C)C1CC1C. The number of hydrogen-bond acceptors (Lipinski definition) is 5. The molecule has 0 spiro atoms. The van der Waals surface area contributed by atoms with Gasteiger partial charge in [0.1, 0.15) is 17.7 Å². The van der Waals surface area contributed by atoms with Crippen LogP contribution < -0.4 is 16.4 Å². The Morgan fingerprint density at radius 2 is 1.74 bits per heavy atom. The maximum atomic E-state index is 14.2. The second kappa shape index (κ2) is 12.0. The first-order valence-electron chi connectivity index (χ1n) is 12.8. The molecule has 1 fully saturated rings. The van der Waals surface area contributed by atoms with Gasteiger partial charge in [-0.25, -0.2) is 4.79 Å². The Kier molecular flexibility index (Phi) is 9.02. The number of carbonyl (C=O) groups is 4. The van der Waals surface area contributed by atoms with Crippen LogP contribution in [0.15, 0.2) is 48.5 Å². The molecule has 4 N–H and O–H groups in total. The lowest BCUT2D eigenvalue weighted by Gasteiger charge is -2.35. The fourth-order valence-corrected chi connectivity index (χ4v) is 4.40. The van der Waals surface area contributed by atoms with Gasteiger partial charge in [-0.2, -0.15) is 0 Å². The minimum absolute atomic E-state index is 0.0801. The third-order valence-electron chi connectivity index (χ3n) is 6.41. The molecule has 4 atom stereocenters. The Morgan fingerprint density at radius 1 is 1.13 bits per heavy atom. The molecule has 0 aliphatic heterocycles. The van der Waals surface area contributed by atoms with Gasteiger partial charge in [0.15, 0.2) is 0 Å². The molecule has 1 saturated carbocycles. The van der Waals surface area contributed by atoms with E-state index < -0.39 is 47.9 Å². The molecular formula is C30H36N4O5. The van der Waals surface area contributed by atoms with Gasteiger partial charge in [-0.15, -0.1) is 6.42 Å². The van der Waals surface area contributed by atoms with Gasteiger partial charge >= 0.3 is 6.09 Å². The molecule has 9 nitrogen and oxygen atoms in total. The molecule has 2 aromatic rings. The van der Waals surface area contributed by atoms with Gasteiger partial charge in [0.2, 0.25) is 11.8 Å². The number of aryl methyl sites for hydroxylation is 1. The molecule has 4 unspecified atom stereocenters. The third kappa shape index (κ3) is 7.60. The third-order valence-corrected chi connectivity index (χ3v) is 6.41. The zero-order valence-electron chi connectivity index (χ0n) is 23.0. The van der Waals surface area contributed by atoms with Crippen molar-refractivity contribution < 1.29 is 23.9 Å². The maximum Gasteiger partial charge on any atom is 0.408 e. The lowest BCUT2D eigenvalue weighted by Crippen LogP contribution is -2.54. The highest BCUT2D eigenvalue weighted by Gasteiger charge is 2.49. The van der Waals surface area contributed by atoms with Crippen molar-refractivity contribution in [1.82, 2.24) is 10.2 Å². The van der Waals surface area contributed by atoms with E-state index >= 15 is 0 Å². The van der Waals surface area contributed by atoms with Crippen LogP contribution in [-0.2, 0) is 19.1 Å². The zero-order valence-corrected chi connectivity index (χ0v) is 23.0. The minimum atomic E-state index is -1.35. The molecule has 4 amide bonds. The first kappa shape index (κ1) is 29.2. The first-order valence-corrected chi connectivity index (χ1v) is 12.8. The van der Waals surface area contributed by atoms with Gasteiger partial charge in [-0.3, -0.25) is 14.4 Å². The summed E-state index contributed by atoms with van der Waals surface area (Å²) in [6.45, 7) is 8.85. The number of anilines is 1. The van der Waals surface area contributed by atoms with Crippen LogP contribution >= 0.6 is 0 Å². The van der Waals surface area contributed by atoms with Crippen molar-refractivity contribution in [3.8, 4) is 12.3 Å². The Labute approximate surface area is 229 Å². The summed E-state index contributed by atoms with van der Waals surface area (Å²) in [6, 6.07) is 11.4. The zero-order chi connectivity index (χ0) is 28.9. The van der Waals surface area contributed by atoms with Crippen LogP contribution in [0.5, 0.6) is 0 Å². The molecule has 2 aromatic carbocycles. The summed E-state index contributed by atoms with van der Waals surface area (Å²) < 4.78 is 5.32. The van der Waals surface area contributed by atoms with E-state index in [2.05, 4.69) is 16.6 Å². The van der Waals surface area contributed by atoms with Crippen molar-refractivity contribution in [1.29, 1.82) is 0 Å². The van der Waals surface area contributed by atoms with Crippen molar-refractivity contribution in [3.05, 3.63) is 65.2 Å². The van der Waals surface area contributed by atoms with Gasteiger partial charge in [-0.1, -0.05) is 49.2 Å². The number of nitrogens with two attached hydrogens (primary N) is 1. The fraction of sp³-hybridized carbons (Fsp3) is 0.400. The number of carbonyl (C=O) groups excluding carboxylic acids is 4. The Hall–Kier alpha value is -4.32. The second-order valence-corrected chi connectivity index (χ2v) is 10.8. The van der Waals surface area contributed by atoms with E-state index in [1.54, 1.807) is 57.2 Å². The number of amides is 4. The smallest absolute Gasteiger partial charge is 0.408 e. The monoisotopic (exact) mass is 532 g/mol.